The van der Waals surface area contributed by atoms with Gasteiger partial charge < -0.3 is 21.5 Å². The molecule has 1 rings (SSSR count). The Labute approximate surface area is 104 Å². The highest BCUT2D eigenvalue weighted by Gasteiger charge is 2.23. The molecule has 1 fully saturated rings. The second-order valence-corrected chi connectivity index (χ2v) is 4.20. The number of carboxylic acids is 1. The maximum absolute atomic E-state index is 11.8. The Hall–Kier alpha value is -1.89. The quantitative estimate of drug-likeness (QED) is 0.441. The van der Waals surface area contributed by atoms with Crippen molar-refractivity contribution in [3.05, 3.63) is 11.1 Å². The van der Waals surface area contributed by atoms with Gasteiger partial charge in [-0.1, -0.05) is 0 Å². The van der Waals surface area contributed by atoms with Gasteiger partial charge in [-0.2, -0.15) is 0 Å². The molecule has 2 amide bonds. The molecule has 1 atom stereocenters. The van der Waals surface area contributed by atoms with Gasteiger partial charge in [0, 0.05) is 25.1 Å². The summed E-state index contributed by atoms with van der Waals surface area (Å²) >= 11 is 0. The van der Waals surface area contributed by atoms with Crippen LogP contribution < -0.4 is 16.4 Å². The lowest BCUT2D eigenvalue weighted by molar-refractivity contribution is -0.141. The van der Waals surface area contributed by atoms with Crippen LogP contribution in [-0.4, -0.2) is 42.0 Å². The third-order valence-corrected chi connectivity index (χ3v) is 2.83. The topological polar surface area (TPSA) is 122 Å². The summed E-state index contributed by atoms with van der Waals surface area (Å²) in [5.41, 5.74) is 6.44. The Morgan fingerprint density at radius 1 is 1.44 bits per heavy atom. The monoisotopic (exact) mass is 255 g/mol. The highest BCUT2D eigenvalue weighted by Crippen LogP contribution is 2.09. The van der Waals surface area contributed by atoms with Gasteiger partial charge in [0.2, 0.25) is 11.8 Å². The van der Waals surface area contributed by atoms with Crippen LogP contribution in [0.4, 0.5) is 0 Å². The molecule has 0 radical (unpaired) electrons. The van der Waals surface area contributed by atoms with E-state index < -0.39 is 23.8 Å². The second-order valence-electron chi connectivity index (χ2n) is 4.20. The Morgan fingerprint density at radius 2 is 2.06 bits per heavy atom. The molecular formula is C11H17N3O4. The molecule has 0 saturated carbocycles. The molecule has 0 aliphatic carbocycles. The van der Waals surface area contributed by atoms with Gasteiger partial charge in [-0.25, -0.2) is 4.79 Å². The summed E-state index contributed by atoms with van der Waals surface area (Å²) in [4.78, 5) is 33.3. The van der Waals surface area contributed by atoms with E-state index in [0.717, 1.165) is 5.57 Å². The molecule has 1 saturated heterocycles. The average Bonchev–Trinajstić information content (AvgIpc) is 2.20. The Morgan fingerprint density at radius 3 is 2.44 bits per heavy atom. The molecule has 1 aliphatic heterocycles. The first-order valence-corrected chi connectivity index (χ1v) is 5.63. The Kier molecular flexibility index (Phi) is 4.85. The predicted molar refractivity (Wildman–Crippen MR) is 63.6 cm³/mol. The van der Waals surface area contributed by atoms with Crippen LogP contribution in [0.1, 0.15) is 19.8 Å². The van der Waals surface area contributed by atoms with E-state index in [2.05, 4.69) is 10.6 Å². The third kappa shape index (κ3) is 3.85. The summed E-state index contributed by atoms with van der Waals surface area (Å²) in [6.07, 6.45) is -0.0777. The van der Waals surface area contributed by atoms with E-state index in [1.807, 2.05) is 0 Å². The van der Waals surface area contributed by atoms with Gasteiger partial charge in [0.15, 0.2) is 0 Å². The molecule has 5 N–H and O–H groups in total. The van der Waals surface area contributed by atoms with Crippen LogP contribution in [0.3, 0.4) is 0 Å². The van der Waals surface area contributed by atoms with Crippen molar-refractivity contribution in [3.8, 4) is 0 Å². The minimum Gasteiger partial charge on any atom is -0.480 e. The smallest absolute Gasteiger partial charge is 0.326 e. The highest BCUT2D eigenvalue weighted by atomic mass is 16.4. The van der Waals surface area contributed by atoms with E-state index in [1.54, 1.807) is 6.92 Å². The summed E-state index contributed by atoms with van der Waals surface area (Å²) in [7, 11) is 0. The molecule has 0 aromatic heterocycles. The zero-order chi connectivity index (χ0) is 13.7. The number of rotatable bonds is 6. The standard InChI is InChI=1S/C11H17N3O4/c1-6(7-4-13-5-7)10(16)14-8(11(17)18)2-3-9(12)15/h8,13H,2-5H2,1H3,(H2,12,15)(H,14,16)(H,17,18)/t8-/m1/s1. The van der Waals surface area contributed by atoms with Crippen molar-refractivity contribution in [1.82, 2.24) is 10.6 Å². The molecule has 0 aromatic carbocycles. The first-order chi connectivity index (χ1) is 8.41. The number of carbonyl (C=O) groups excluding carboxylic acids is 2. The Balaban J connectivity index is 2.57. The van der Waals surface area contributed by atoms with Crippen molar-refractivity contribution in [2.24, 2.45) is 5.73 Å². The van der Waals surface area contributed by atoms with Crippen molar-refractivity contribution in [2.75, 3.05) is 13.1 Å². The van der Waals surface area contributed by atoms with E-state index in [0.29, 0.717) is 18.7 Å². The maximum Gasteiger partial charge on any atom is 0.326 e. The number of nitrogens with one attached hydrogen (secondary N) is 2. The predicted octanol–water partition coefficient (Wildman–Crippen LogP) is -1.26. The molecule has 100 valence electrons. The number of amides is 2. The van der Waals surface area contributed by atoms with Gasteiger partial charge in [-0.05, 0) is 18.9 Å². The fourth-order valence-corrected chi connectivity index (χ4v) is 1.49. The van der Waals surface area contributed by atoms with E-state index in [-0.39, 0.29) is 12.8 Å². The first-order valence-electron chi connectivity index (χ1n) is 5.63. The summed E-state index contributed by atoms with van der Waals surface area (Å²) in [5.74, 6) is -2.17. The van der Waals surface area contributed by atoms with Crippen molar-refractivity contribution >= 4 is 17.8 Å². The van der Waals surface area contributed by atoms with Gasteiger partial charge in [0.1, 0.15) is 6.04 Å². The van der Waals surface area contributed by atoms with Crippen LogP contribution in [0.5, 0.6) is 0 Å². The summed E-state index contributed by atoms with van der Waals surface area (Å²) in [6.45, 7) is 2.95. The molecule has 0 bridgehead atoms. The van der Waals surface area contributed by atoms with Gasteiger partial charge in [0.05, 0.1) is 0 Å². The first kappa shape index (κ1) is 14.2. The van der Waals surface area contributed by atoms with Gasteiger partial charge in [-0.15, -0.1) is 0 Å². The number of aliphatic carboxylic acids is 1. The van der Waals surface area contributed by atoms with E-state index >= 15 is 0 Å². The number of hydrogen-bond donors (Lipinski definition) is 4. The largest absolute Gasteiger partial charge is 0.480 e. The summed E-state index contributed by atoms with van der Waals surface area (Å²) in [5, 5.41) is 14.3. The fraction of sp³-hybridized carbons (Fsp3) is 0.545. The molecule has 0 unspecified atom stereocenters. The summed E-state index contributed by atoms with van der Waals surface area (Å²) < 4.78 is 0. The normalized spacial score (nSPS) is 15.5. The SMILES string of the molecule is CC(C(=O)N[C@H](CCC(N)=O)C(=O)O)=C1CNC1. The second kappa shape index (κ2) is 6.15. The molecular weight excluding hydrogens is 238 g/mol. The highest BCUT2D eigenvalue weighted by molar-refractivity contribution is 5.96. The summed E-state index contributed by atoms with van der Waals surface area (Å²) in [6, 6.07) is -1.09. The van der Waals surface area contributed by atoms with Gasteiger partial charge in [-0.3, -0.25) is 9.59 Å². The number of primary amides is 1. The van der Waals surface area contributed by atoms with Crippen LogP contribution in [0.25, 0.3) is 0 Å². The molecule has 1 aliphatic rings. The minimum atomic E-state index is -1.17. The Bertz CT molecular complexity index is 397. The molecule has 18 heavy (non-hydrogen) atoms. The van der Waals surface area contributed by atoms with Crippen molar-refractivity contribution in [1.29, 1.82) is 0 Å². The number of carboxylic acid groups (broad SMARTS) is 1. The number of nitrogens with two attached hydrogens (primary N) is 1. The van der Waals surface area contributed by atoms with Crippen molar-refractivity contribution in [2.45, 2.75) is 25.8 Å². The van der Waals surface area contributed by atoms with E-state index in [1.165, 1.54) is 0 Å². The fourth-order valence-electron chi connectivity index (χ4n) is 1.49. The zero-order valence-corrected chi connectivity index (χ0v) is 10.2. The zero-order valence-electron chi connectivity index (χ0n) is 10.2. The van der Waals surface area contributed by atoms with Crippen LogP contribution in [-0.2, 0) is 14.4 Å². The number of hydrogen-bond acceptors (Lipinski definition) is 4. The molecule has 1 heterocycles. The van der Waals surface area contributed by atoms with Crippen molar-refractivity contribution in [3.63, 3.8) is 0 Å². The van der Waals surface area contributed by atoms with Gasteiger partial charge in [0.25, 0.3) is 0 Å². The molecule has 0 spiro atoms. The van der Waals surface area contributed by atoms with E-state index in [9.17, 15) is 14.4 Å². The minimum absolute atomic E-state index is 0.00271. The lowest BCUT2D eigenvalue weighted by Crippen LogP contribution is -2.44. The lowest BCUT2D eigenvalue weighted by Gasteiger charge is -2.22. The third-order valence-electron chi connectivity index (χ3n) is 2.83. The molecule has 7 nitrogen and oxygen atoms in total. The van der Waals surface area contributed by atoms with Crippen molar-refractivity contribution < 1.29 is 19.5 Å². The molecule has 7 heteroatoms. The average molecular weight is 255 g/mol. The van der Waals surface area contributed by atoms with Gasteiger partial charge >= 0.3 is 5.97 Å². The van der Waals surface area contributed by atoms with Crippen LogP contribution >= 0.6 is 0 Å². The van der Waals surface area contributed by atoms with Crippen LogP contribution in [0.2, 0.25) is 0 Å². The van der Waals surface area contributed by atoms with Crippen LogP contribution in [0, 0.1) is 0 Å². The van der Waals surface area contributed by atoms with Crippen LogP contribution in [0.15, 0.2) is 11.1 Å². The number of carbonyl (C=O) groups is 3. The maximum atomic E-state index is 11.8. The van der Waals surface area contributed by atoms with E-state index in [4.69, 9.17) is 10.8 Å². The molecule has 0 aromatic rings. The lowest BCUT2D eigenvalue weighted by atomic mass is 10.0.